The molecular weight excluding hydrogens is 741 g/mol. The summed E-state index contributed by atoms with van der Waals surface area (Å²) in [4.78, 5) is 23.3. The monoisotopic (exact) mass is 822 g/mol. The van der Waals surface area contributed by atoms with Crippen LogP contribution in [-0.2, 0) is 18.4 Å². The molecule has 1 fully saturated rings. The third-order valence-corrected chi connectivity index (χ3v) is 11.5. The molecule has 0 aliphatic heterocycles. The van der Waals surface area contributed by atoms with Crippen molar-refractivity contribution < 1.29 is 59.0 Å². The fourth-order valence-electron chi connectivity index (χ4n) is 6.89. The number of rotatable bonds is 35. The van der Waals surface area contributed by atoms with Gasteiger partial charge in [0.15, 0.2) is 0 Å². The maximum Gasteiger partial charge on any atom is 0.472 e. The summed E-state index contributed by atoms with van der Waals surface area (Å²) < 4.78 is 22.8. The van der Waals surface area contributed by atoms with E-state index < -0.39 is 75.2 Å². The maximum absolute atomic E-state index is 12.9. The van der Waals surface area contributed by atoms with Crippen molar-refractivity contribution in [3.8, 4) is 0 Å². The largest absolute Gasteiger partial charge is 0.472 e. The molecular formula is C42H80NO12P. The molecule has 14 heteroatoms. The number of carbonyl (C=O) groups is 1. The molecule has 0 aromatic heterocycles. The highest BCUT2D eigenvalue weighted by atomic mass is 31.2. The van der Waals surface area contributed by atoms with Gasteiger partial charge in [-0.25, -0.2) is 4.57 Å². The Morgan fingerprint density at radius 2 is 1.04 bits per heavy atom. The molecule has 56 heavy (non-hydrogen) atoms. The minimum atomic E-state index is -5.14. The summed E-state index contributed by atoms with van der Waals surface area (Å²) in [6.45, 7) is 3.69. The minimum Gasteiger partial charge on any atom is -0.393 e. The van der Waals surface area contributed by atoms with Crippen LogP contribution in [0.5, 0.6) is 0 Å². The standard InChI is InChI=1S/C42H80NO12P/c1-3-5-7-9-11-13-15-16-17-18-20-22-24-26-28-30-35(45)34(32-54-56(52,53)55-42-40(50)38(48)37(47)39(49)41(42)51)43-36(46)31-33(44)29-27-25-23-21-19-14-12-10-8-6-4-2/h21,23,28,30,33-35,37-42,44-45,47-51H,3-20,22,24-27,29,31-32H2,1-2H3,(H,43,46)(H,52,53)/b23-21-,30-28+. The normalized spacial score (nSPS) is 24.4. The molecule has 1 rings (SSSR count). The predicted octanol–water partition coefficient (Wildman–Crippen LogP) is 6.42. The molecule has 1 aliphatic rings. The summed E-state index contributed by atoms with van der Waals surface area (Å²) in [6.07, 6.45) is 19.9. The van der Waals surface area contributed by atoms with E-state index in [9.17, 15) is 50.0 Å². The van der Waals surface area contributed by atoms with Crippen LogP contribution in [0.4, 0.5) is 0 Å². The molecule has 0 bridgehead atoms. The predicted molar refractivity (Wildman–Crippen MR) is 220 cm³/mol. The topological polar surface area (TPSA) is 226 Å². The second-order valence-corrected chi connectivity index (χ2v) is 17.1. The highest BCUT2D eigenvalue weighted by Crippen LogP contribution is 2.47. The Morgan fingerprint density at radius 1 is 0.625 bits per heavy atom. The van der Waals surface area contributed by atoms with Crippen molar-refractivity contribution in [2.24, 2.45) is 0 Å². The summed E-state index contributed by atoms with van der Waals surface area (Å²) in [5.41, 5.74) is 0. The van der Waals surface area contributed by atoms with Gasteiger partial charge in [-0.15, -0.1) is 0 Å². The van der Waals surface area contributed by atoms with Crippen molar-refractivity contribution in [1.82, 2.24) is 5.32 Å². The van der Waals surface area contributed by atoms with E-state index >= 15 is 0 Å². The highest BCUT2D eigenvalue weighted by Gasteiger charge is 2.51. The second kappa shape index (κ2) is 32.6. The zero-order valence-electron chi connectivity index (χ0n) is 34.5. The smallest absolute Gasteiger partial charge is 0.393 e. The number of hydrogen-bond acceptors (Lipinski definition) is 11. The average Bonchev–Trinajstić information content (AvgIpc) is 3.17. The van der Waals surface area contributed by atoms with Crippen LogP contribution in [0.2, 0.25) is 0 Å². The van der Waals surface area contributed by atoms with Crippen molar-refractivity contribution in [3.05, 3.63) is 24.3 Å². The molecule has 8 unspecified atom stereocenters. The molecule has 1 amide bonds. The average molecular weight is 822 g/mol. The van der Waals surface area contributed by atoms with Crippen LogP contribution in [0.25, 0.3) is 0 Å². The lowest BCUT2D eigenvalue weighted by Crippen LogP contribution is -2.64. The highest BCUT2D eigenvalue weighted by molar-refractivity contribution is 7.47. The van der Waals surface area contributed by atoms with Crippen molar-refractivity contribution in [2.45, 2.75) is 229 Å². The number of nitrogens with one attached hydrogen (secondary N) is 1. The number of aliphatic hydroxyl groups excluding tert-OH is 7. The van der Waals surface area contributed by atoms with Gasteiger partial charge in [-0.2, -0.15) is 0 Å². The van der Waals surface area contributed by atoms with Crippen LogP contribution < -0.4 is 5.32 Å². The molecule has 8 atom stereocenters. The second-order valence-electron chi connectivity index (χ2n) is 15.7. The van der Waals surface area contributed by atoms with Gasteiger partial charge in [0, 0.05) is 0 Å². The fraction of sp³-hybridized carbons (Fsp3) is 0.881. The molecule has 9 N–H and O–H groups in total. The quantitative estimate of drug-likeness (QED) is 0.0192. The SMILES string of the molecule is CCCCCCCC/C=C\CCCC(O)CC(=O)NC(COP(=O)(O)OC1C(O)C(O)C(O)C(O)C1O)C(O)/C=C/CCCCCCCCCCCCCCC. The van der Waals surface area contributed by atoms with E-state index in [1.54, 1.807) is 6.08 Å². The van der Waals surface area contributed by atoms with Gasteiger partial charge in [-0.3, -0.25) is 13.8 Å². The Bertz CT molecular complexity index is 1060. The van der Waals surface area contributed by atoms with Gasteiger partial charge in [-0.1, -0.05) is 147 Å². The number of aliphatic hydroxyl groups is 7. The van der Waals surface area contributed by atoms with Crippen LogP contribution >= 0.6 is 7.82 Å². The third-order valence-electron chi connectivity index (χ3n) is 10.5. The van der Waals surface area contributed by atoms with Crippen LogP contribution in [0.15, 0.2) is 24.3 Å². The van der Waals surface area contributed by atoms with E-state index in [0.29, 0.717) is 19.3 Å². The van der Waals surface area contributed by atoms with Gasteiger partial charge < -0.3 is 46.0 Å². The van der Waals surface area contributed by atoms with E-state index in [-0.39, 0.29) is 6.42 Å². The van der Waals surface area contributed by atoms with Gasteiger partial charge in [0.1, 0.15) is 36.6 Å². The van der Waals surface area contributed by atoms with E-state index in [4.69, 9.17) is 9.05 Å². The Hall–Kier alpha value is -1.22. The fourth-order valence-corrected chi connectivity index (χ4v) is 7.85. The van der Waals surface area contributed by atoms with Crippen molar-refractivity contribution >= 4 is 13.7 Å². The lowest BCUT2D eigenvalue weighted by Gasteiger charge is -2.41. The molecule has 0 heterocycles. The lowest BCUT2D eigenvalue weighted by atomic mass is 9.85. The zero-order chi connectivity index (χ0) is 41.6. The number of phosphoric ester groups is 1. The summed E-state index contributed by atoms with van der Waals surface area (Å²) in [5, 5.41) is 74.2. The molecule has 1 saturated carbocycles. The first-order valence-electron chi connectivity index (χ1n) is 21.9. The summed E-state index contributed by atoms with van der Waals surface area (Å²) >= 11 is 0. The molecule has 0 spiro atoms. The Labute approximate surface area is 337 Å². The Kier molecular flexibility index (Phi) is 30.7. The summed E-state index contributed by atoms with van der Waals surface area (Å²) in [6, 6.07) is -1.24. The van der Waals surface area contributed by atoms with E-state index in [1.807, 2.05) is 0 Å². The molecule has 0 radical (unpaired) electrons. The first kappa shape index (κ1) is 52.8. The van der Waals surface area contributed by atoms with Crippen molar-refractivity contribution in [3.63, 3.8) is 0 Å². The van der Waals surface area contributed by atoms with E-state index in [2.05, 4.69) is 31.3 Å². The number of carbonyl (C=O) groups excluding carboxylic acids is 1. The number of unbranched alkanes of at least 4 members (excludes halogenated alkanes) is 20. The first-order chi connectivity index (χ1) is 26.8. The molecule has 13 nitrogen and oxygen atoms in total. The van der Waals surface area contributed by atoms with Gasteiger partial charge >= 0.3 is 7.82 Å². The van der Waals surface area contributed by atoms with Crippen molar-refractivity contribution in [1.29, 1.82) is 0 Å². The number of phosphoric acid groups is 1. The molecule has 330 valence electrons. The van der Waals surface area contributed by atoms with Crippen LogP contribution in [0.3, 0.4) is 0 Å². The third kappa shape index (κ3) is 24.6. The van der Waals surface area contributed by atoms with Crippen molar-refractivity contribution in [2.75, 3.05) is 6.61 Å². The van der Waals surface area contributed by atoms with Gasteiger partial charge in [0.05, 0.1) is 31.3 Å². The molecule has 0 aromatic carbocycles. The van der Waals surface area contributed by atoms with Crippen LogP contribution in [-0.4, -0.2) is 108 Å². The Balaban J connectivity index is 2.62. The lowest BCUT2D eigenvalue weighted by molar-refractivity contribution is -0.220. The van der Waals surface area contributed by atoms with E-state index in [1.165, 1.54) is 102 Å². The summed E-state index contributed by atoms with van der Waals surface area (Å²) in [7, 11) is -5.14. The minimum absolute atomic E-state index is 0.265. The maximum atomic E-state index is 12.9. The van der Waals surface area contributed by atoms with Crippen LogP contribution in [0.1, 0.15) is 174 Å². The Morgan fingerprint density at radius 3 is 1.52 bits per heavy atom. The van der Waals surface area contributed by atoms with Gasteiger partial charge in [0.2, 0.25) is 5.91 Å². The molecule has 1 aliphatic carbocycles. The molecule has 0 saturated heterocycles. The van der Waals surface area contributed by atoms with Gasteiger partial charge in [-0.05, 0) is 44.9 Å². The number of allylic oxidation sites excluding steroid dienone is 3. The van der Waals surface area contributed by atoms with Gasteiger partial charge in [0.25, 0.3) is 0 Å². The van der Waals surface area contributed by atoms with Crippen LogP contribution in [0, 0.1) is 0 Å². The number of amides is 1. The number of hydrogen-bond donors (Lipinski definition) is 9. The summed E-state index contributed by atoms with van der Waals surface area (Å²) in [5.74, 6) is -0.610. The zero-order valence-corrected chi connectivity index (χ0v) is 35.4. The molecule has 0 aromatic rings. The first-order valence-corrected chi connectivity index (χ1v) is 23.4. The van der Waals surface area contributed by atoms with E-state index in [0.717, 1.165) is 38.5 Å².